The Morgan fingerprint density at radius 2 is 2.06 bits per heavy atom. The first-order valence-electron chi connectivity index (χ1n) is 7.18. The van der Waals surface area contributed by atoms with E-state index in [1.165, 1.54) is 36.8 Å². The van der Waals surface area contributed by atoms with Crippen molar-refractivity contribution >= 4 is 0 Å². The molecule has 2 unspecified atom stereocenters. The molecule has 98 valence electrons. The molecule has 0 heterocycles. The minimum absolute atomic E-state index is 0.319. The van der Waals surface area contributed by atoms with Crippen molar-refractivity contribution in [2.24, 2.45) is 17.2 Å². The average Bonchev–Trinajstić information content (AvgIpc) is 2.87. The second kappa shape index (κ2) is 4.36. The van der Waals surface area contributed by atoms with Crippen LogP contribution >= 0.6 is 0 Å². The van der Waals surface area contributed by atoms with Gasteiger partial charge in [0.1, 0.15) is 0 Å². The first-order chi connectivity index (χ1) is 8.62. The molecular weight excluding hydrogens is 220 g/mol. The molecule has 2 aliphatic carbocycles. The van der Waals surface area contributed by atoms with Gasteiger partial charge in [-0.05, 0) is 47.6 Å². The molecule has 0 aromatic heterocycles. The Hall–Kier alpha value is -0.860. The SMILES string of the molecule is CC1(C)CC1C(NN)c1cccc(C2CCC2)c1. The van der Waals surface area contributed by atoms with E-state index in [1.54, 1.807) is 0 Å². The van der Waals surface area contributed by atoms with Gasteiger partial charge in [0.2, 0.25) is 0 Å². The van der Waals surface area contributed by atoms with Gasteiger partial charge in [-0.25, -0.2) is 0 Å². The summed E-state index contributed by atoms with van der Waals surface area (Å²) in [5.74, 6) is 7.27. The Bertz CT molecular complexity index is 434. The minimum Gasteiger partial charge on any atom is -0.271 e. The van der Waals surface area contributed by atoms with Crippen LogP contribution in [-0.4, -0.2) is 0 Å². The summed E-state index contributed by atoms with van der Waals surface area (Å²) >= 11 is 0. The highest BCUT2D eigenvalue weighted by Crippen LogP contribution is 2.57. The number of hydrazine groups is 1. The third-order valence-electron chi connectivity index (χ3n) is 5.02. The van der Waals surface area contributed by atoms with Crippen molar-refractivity contribution in [3.8, 4) is 0 Å². The van der Waals surface area contributed by atoms with E-state index in [1.807, 2.05) is 0 Å². The summed E-state index contributed by atoms with van der Waals surface area (Å²) < 4.78 is 0. The third-order valence-corrected chi connectivity index (χ3v) is 5.02. The normalized spacial score (nSPS) is 27.6. The molecule has 0 amide bonds. The molecule has 0 aliphatic heterocycles. The van der Waals surface area contributed by atoms with Crippen molar-refractivity contribution in [3.63, 3.8) is 0 Å². The Kier molecular flexibility index (Phi) is 2.95. The maximum Gasteiger partial charge on any atom is 0.0493 e. The minimum atomic E-state index is 0.319. The van der Waals surface area contributed by atoms with E-state index >= 15 is 0 Å². The number of nitrogens with one attached hydrogen (secondary N) is 1. The molecule has 1 aromatic rings. The van der Waals surface area contributed by atoms with E-state index in [-0.39, 0.29) is 0 Å². The smallest absolute Gasteiger partial charge is 0.0493 e. The quantitative estimate of drug-likeness (QED) is 0.628. The highest BCUT2D eigenvalue weighted by molar-refractivity contribution is 5.31. The summed E-state index contributed by atoms with van der Waals surface area (Å²) in [6, 6.07) is 9.39. The summed E-state index contributed by atoms with van der Waals surface area (Å²) in [6.07, 6.45) is 5.39. The monoisotopic (exact) mass is 244 g/mol. The Balaban J connectivity index is 1.81. The molecule has 1 aromatic carbocycles. The summed E-state index contributed by atoms with van der Waals surface area (Å²) in [6.45, 7) is 4.66. The molecule has 0 radical (unpaired) electrons. The van der Waals surface area contributed by atoms with Crippen LogP contribution in [0.2, 0.25) is 0 Å². The van der Waals surface area contributed by atoms with Gasteiger partial charge < -0.3 is 0 Å². The van der Waals surface area contributed by atoms with E-state index < -0.39 is 0 Å². The van der Waals surface area contributed by atoms with Gasteiger partial charge in [0.15, 0.2) is 0 Å². The number of hydrogen-bond donors (Lipinski definition) is 2. The van der Waals surface area contributed by atoms with Gasteiger partial charge in [0.05, 0.1) is 0 Å². The van der Waals surface area contributed by atoms with Gasteiger partial charge in [-0.2, -0.15) is 0 Å². The maximum atomic E-state index is 5.79. The van der Waals surface area contributed by atoms with Gasteiger partial charge in [0, 0.05) is 6.04 Å². The second-order valence-electron chi connectivity index (χ2n) is 6.74. The lowest BCUT2D eigenvalue weighted by Gasteiger charge is -2.27. The van der Waals surface area contributed by atoms with Crippen LogP contribution in [0.3, 0.4) is 0 Å². The van der Waals surface area contributed by atoms with Crippen molar-refractivity contribution in [1.82, 2.24) is 5.43 Å². The van der Waals surface area contributed by atoms with E-state index in [9.17, 15) is 0 Å². The molecular formula is C16H24N2. The first kappa shape index (κ1) is 12.2. The fourth-order valence-corrected chi connectivity index (χ4v) is 3.27. The van der Waals surface area contributed by atoms with Crippen LogP contribution in [0.4, 0.5) is 0 Å². The molecule has 0 saturated heterocycles. The molecule has 18 heavy (non-hydrogen) atoms. The van der Waals surface area contributed by atoms with Crippen LogP contribution in [0.1, 0.15) is 62.6 Å². The molecule has 3 rings (SSSR count). The average molecular weight is 244 g/mol. The largest absolute Gasteiger partial charge is 0.271 e. The number of nitrogens with two attached hydrogens (primary N) is 1. The van der Waals surface area contributed by atoms with Crippen molar-refractivity contribution in [2.45, 2.75) is 51.5 Å². The van der Waals surface area contributed by atoms with Crippen molar-refractivity contribution in [2.75, 3.05) is 0 Å². The van der Waals surface area contributed by atoms with Gasteiger partial charge in [-0.1, -0.05) is 44.5 Å². The van der Waals surface area contributed by atoms with Crippen LogP contribution in [-0.2, 0) is 0 Å². The predicted octanol–water partition coefficient (Wildman–Crippen LogP) is 3.50. The number of rotatable bonds is 4. The maximum absolute atomic E-state index is 5.79. The van der Waals surface area contributed by atoms with Crippen LogP contribution in [0, 0.1) is 11.3 Å². The molecule has 2 atom stereocenters. The second-order valence-corrected chi connectivity index (χ2v) is 6.74. The molecule has 2 aliphatic rings. The van der Waals surface area contributed by atoms with Crippen LogP contribution in [0.15, 0.2) is 24.3 Å². The number of hydrogen-bond acceptors (Lipinski definition) is 2. The van der Waals surface area contributed by atoms with E-state index in [0.717, 1.165) is 5.92 Å². The fraction of sp³-hybridized carbons (Fsp3) is 0.625. The highest BCUT2D eigenvalue weighted by Gasteiger charge is 2.50. The van der Waals surface area contributed by atoms with Gasteiger partial charge in [0.25, 0.3) is 0 Å². The first-order valence-corrected chi connectivity index (χ1v) is 7.18. The van der Waals surface area contributed by atoms with Crippen molar-refractivity contribution in [1.29, 1.82) is 0 Å². The lowest BCUT2D eigenvalue weighted by atomic mass is 9.79. The Morgan fingerprint density at radius 3 is 2.56 bits per heavy atom. The zero-order valence-electron chi connectivity index (χ0n) is 11.4. The summed E-state index contributed by atoms with van der Waals surface area (Å²) in [4.78, 5) is 0. The molecule has 2 fully saturated rings. The molecule has 3 N–H and O–H groups in total. The van der Waals surface area contributed by atoms with E-state index in [2.05, 4.69) is 43.5 Å². The molecule has 0 bridgehead atoms. The summed E-state index contributed by atoms with van der Waals surface area (Å²) in [5.41, 5.74) is 6.37. The van der Waals surface area contributed by atoms with Crippen molar-refractivity contribution < 1.29 is 0 Å². The molecule has 0 spiro atoms. The zero-order chi connectivity index (χ0) is 12.8. The van der Waals surface area contributed by atoms with Gasteiger partial charge in [-0.3, -0.25) is 11.3 Å². The van der Waals surface area contributed by atoms with Crippen LogP contribution in [0.5, 0.6) is 0 Å². The topological polar surface area (TPSA) is 38.0 Å². The predicted molar refractivity (Wildman–Crippen MR) is 75.0 cm³/mol. The van der Waals surface area contributed by atoms with Crippen LogP contribution in [0.25, 0.3) is 0 Å². The van der Waals surface area contributed by atoms with Gasteiger partial charge in [-0.15, -0.1) is 0 Å². The summed E-state index contributed by atoms with van der Waals surface area (Å²) in [7, 11) is 0. The molecule has 2 heteroatoms. The van der Waals surface area contributed by atoms with Crippen molar-refractivity contribution in [3.05, 3.63) is 35.4 Å². The van der Waals surface area contributed by atoms with E-state index in [0.29, 0.717) is 17.4 Å². The lowest BCUT2D eigenvalue weighted by Crippen LogP contribution is -2.30. The summed E-state index contributed by atoms with van der Waals surface area (Å²) in [5, 5.41) is 0. The lowest BCUT2D eigenvalue weighted by molar-refractivity contribution is 0.411. The molecule has 2 nitrogen and oxygen atoms in total. The molecule has 2 saturated carbocycles. The number of benzene rings is 1. The Labute approximate surface area is 110 Å². The standard InChI is InChI=1S/C16H24N2/c1-16(2)10-14(16)15(18-17)13-8-4-7-12(9-13)11-5-3-6-11/h4,7-9,11,14-15,18H,3,5-6,10,17H2,1-2H3. The fourth-order valence-electron chi connectivity index (χ4n) is 3.27. The highest BCUT2D eigenvalue weighted by atomic mass is 15.2. The third kappa shape index (κ3) is 2.08. The zero-order valence-corrected chi connectivity index (χ0v) is 11.4. The van der Waals surface area contributed by atoms with Crippen LogP contribution < -0.4 is 11.3 Å². The van der Waals surface area contributed by atoms with Gasteiger partial charge >= 0.3 is 0 Å². The van der Waals surface area contributed by atoms with E-state index in [4.69, 9.17) is 5.84 Å². The Morgan fingerprint density at radius 1 is 1.33 bits per heavy atom.